The van der Waals surface area contributed by atoms with Gasteiger partial charge >= 0.3 is 0 Å². The summed E-state index contributed by atoms with van der Waals surface area (Å²) in [5, 5.41) is 13.3. The molecule has 0 bridgehead atoms. The van der Waals surface area contributed by atoms with Crippen LogP contribution in [0.2, 0.25) is 0 Å². The number of hydrogen-bond donors (Lipinski definition) is 2. The highest BCUT2D eigenvalue weighted by atomic mass is 32.2. The van der Waals surface area contributed by atoms with Crippen molar-refractivity contribution in [3.8, 4) is 0 Å². The molecule has 0 aromatic heterocycles. The lowest BCUT2D eigenvalue weighted by atomic mass is 10.1. The van der Waals surface area contributed by atoms with Crippen LogP contribution in [0.15, 0.2) is 29.2 Å². The summed E-state index contributed by atoms with van der Waals surface area (Å²) in [5.74, 6) is 0.628. The Labute approximate surface area is 126 Å². The van der Waals surface area contributed by atoms with Crippen molar-refractivity contribution in [2.75, 3.05) is 32.6 Å². The van der Waals surface area contributed by atoms with Crippen LogP contribution in [0.4, 0.5) is 0 Å². The molecule has 2 unspecified atom stereocenters. The summed E-state index contributed by atoms with van der Waals surface area (Å²) in [7, 11) is -3.18. The molecule has 21 heavy (non-hydrogen) atoms. The first-order valence-electron chi connectivity index (χ1n) is 7.23. The van der Waals surface area contributed by atoms with E-state index in [1.807, 2.05) is 0 Å². The normalized spacial score (nSPS) is 20.6. The fourth-order valence-electron chi connectivity index (χ4n) is 2.41. The zero-order valence-corrected chi connectivity index (χ0v) is 13.1. The largest absolute Gasteiger partial charge is 0.387 e. The van der Waals surface area contributed by atoms with Gasteiger partial charge in [-0.3, -0.25) is 0 Å². The van der Waals surface area contributed by atoms with Gasteiger partial charge in [-0.1, -0.05) is 12.1 Å². The van der Waals surface area contributed by atoms with Gasteiger partial charge < -0.3 is 15.2 Å². The molecule has 0 spiro atoms. The molecule has 5 nitrogen and oxygen atoms in total. The number of aliphatic hydroxyl groups is 1. The van der Waals surface area contributed by atoms with Gasteiger partial charge in [-0.2, -0.15) is 0 Å². The summed E-state index contributed by atoms with van der Waals surface area (Å²) in [6, 6.07) is 6.38. The first-order valence-corrected chi connectivity index (χ1v) is 9.12. The molecular formula is C15H23NO4S. The Balaban J connectivity index is 1.76. The van der Waals surface area contributed by atoms with Crippen LogP contribution in [0.25, 0.3) is 0 Å². The summed E-state index contributed by atoms with van der Waals surface area (Å²) in [5.41, 5.74) is 0.721. The van der Waals surface area contributed by atoms with E-state index in [0.717, 1.165) is 38.2 Å². The summed E-state index contributed by atoms with van der Waals surface area (Å²) >= 11 is 0. The number of sulfone groups is 1. The fourth-order valence-corrected chi connectivity index (χ4v) is 3.04. The summed E-state index contributed by atoms with van der Waals surface area (Å²) < 4.78 is 28.0. The molecule has 1 saturated heterocycles. The van der Waals surface area contributed by atoms with Crippen LogP contribution in [0.5, 0.6) is 0 Å². The monoisotopic (exact) mass is 313 g/mol. The number of ether oxygens (including phenoxy) is 1. The SMILES string of the molecule is CS(=O)(=O)c1ccc(C(O)CNCCC2CCOC2)cc1. The molecular weight excluding hydrogens is 290 g/mol. The Morgan fingerprint density at radius 2 is 2.10 bits per heavy atom. The van der Waals surface area contributed by atoms with E-state index in [1.54, 1.807) is 12.1 Å². The molecule has 118 valence electrons. The van der Waals surface area contributed by atoms with E-state index < -0.39 is 15.9 Å². The standard InChI is InChI=1S/C15H23NO4S/c1-21(18,19)14-4-2-13(3-5-14)15(17)10-16-8-6-12-7-9-20-11-12/h2-5,12,15-17H,6-11H2,1H3. The van der Waals surface area contributed by atoms with Gasteiger partial charge in [0.05, 0.1) is 11.0 Å². The van der Waals surface area contributed by atoms with Crippen molar-refractivity contribution in [3.63, 3.8) is 0 Å². The first-order chi connectivity index (χ1) is 9.97. The van der Waals surface area contributed by atoms with Crippen LogP contribution in [0.1, 0.15) is 24.5 Å². The molecule has 1 aromatic carbocycles. The van der Waals surface area contributed by atoms with E-state index in [0.29, 0.717) is 12.5 Å². The van der Waals surface area contributed by atoms with Gasteiger partial charge in [-0.25, -0.2) is 8.42 Å². The van der Waals surface area contributed by atoms with Gasteiger partial charge in [0.2, 0.25) is 0 Å². The number of rotatable bonds is 7. The second kappa shape index (κ2) is 7.35. The van der Waals surface area contributed by atoms with Crippen LogP contribution in [-0.4, -0.2) is 46.1 Å². The van der Waals surface area contributed by atoms with Crippen molar-refractivity contribution in [3.05, 3.63) is 29.8 Å². The Morgan fingerprint density at radius 3 is 2.67 bits per heavy atom. The Kier molecular flexibility index (Phi) is 5.75. The molecule has 0 radical (unpaired) electrons. The number of aliphatic hydroxyl groups excluding tert-OH is 1. The zero-order valence-electron chi connectivity index (χ0n) is 12.3. The van der Waals surface area contributed by atoms with Crippen molar-refractivity contribution in [1.29, 1.82) is 0 Å². The Hall–Kier alpha value is -0.950. The molecule has 1 fully saturated rings. The summed E-state index contributed by atoms with van der Waals surface area (Å²) in [4.78, 5) is 0.271. The quantitative estimate of drug-likeness (QED) is 0.738. The minimum Gasteiger partial charge on any atom is -0.387 e. The lowest BCUT2D eigenvalue weighted by Crippen LogP contribution is -2.24. The summed E-state index contributed by atoms with van der Waals surface area (Å²) in [6.07, 6.45) is 2.72. The average molecular weight is 313 g/mol. The molecule has 0 saturated carbocycles. The molecule has 1 heterocycles. The molecule has 2 N–H and O–H groups in total. The highest BCUT2D eigenvalue weighted by Gasteiger charge is 2.15. The van der Waals surface area contributed by atoms with E-state index in [9.17, 15) is 13.5 Å². The van der Waals surface area contributed by atoms with Crippen LogP contribution < -0.4 is 5.32 Å². The second-order valence-electron chi connectivity index (χ2n) is 5.58. The fraction of sp³-hybridized carbons (Fsp3) is 0.600. The summed E-state index contributed by atoms with van der Waals surface area (Å²) in [6.45, 7) is 3.02. The Morgan fingerprint density at radius 1 is 1.38 bits per heavy atom. The first kappa shape index (κ1) is 16.4. The minimum absolute atomic E-state index is 0.271. The van der Waals surface area contributed by atoms with E-state index in [4.69, 9.17) is 4.74 Å². The molecule has 2 atom stereocenters. The number of nitrogens with one attached hydrogen (secondary N) is 1. The highest BCUT2D eigenvalue weighted by molar-refractivity contribution is 7.90. The van der Waals surface area contributed by atoms with Crippen molar-refractivity contribution >= 4 is 9.84 Å². The third-order valence-corrected chi connectivity index (χ3v) is 4.91. The molecule has 1 aliphatic rings. The van der Waals surface area contributed by atoms with E-state index >= 15 is 0 Å². The van der Waals surface area contributed by atoms with Crippen molar-refractivity contribution in [1.82, 2.24) is 5.32 Å². The smallest absolute Gasteiger partial charge is 0.175 e. The lowest BCUT2D eigenvalue weighted by Gasteiger charge is -2.14. The van der Waals surface area contributed by atoms with Crippen LogP contribution in [0.3, 0.4) is 0 Å². The molecule has 6 heteroatoms. The molecule has 1 aromatic rings. The maximum Gasteiger partial charge on any atom is 0.175 e. The van der Waals surface area contributed by atoms with Gasteiger partial charge in [-0.15, -0.1) is 0 Å². The average Bonchev–Trinajstić information content (AvgIpc) is 2.96. The van der Waals surface area contributed by atoms with Crippen LogP contribution >= 0.6 is 0 Å². The third-order valence-electron chi connectivity index (χ3n) is 3.78. The van der Waals surface area contributed by atoms with Gasteiger partial charge in [-0.05, 0) is 43.0 Å². The van der Waals surface area contributed by atoms with E-state index in [-0.39, 0.29) is 4.90 Å². The van der Waals surface area contributed by atoms with Crippen LogP contribution in [0, 0.1) is 5.92 Å². The van der Waals surface area contributed by atoms with Gasteiger partial charge in [0.1, 0.15) is 0 Å². The molecule has 0 amide bonds. The van der Waals surface area contributed by atoms with Crippen molar-refractivity contribution in [2.24, 2.45) is 5.92 Å². The second-order valence-corrected chi connectivity index (χ2v) is 7.60. The maximum absolute atomic E-state index is 11.4. The van der Waals surface area contributed by atoms with Gasteiger partial charge in [0.25, 0.3) is 0 Å². The predicted octanol–water partition coefficient (Wildman–Crippen LogP) is 1.14. The maximum atomic E-state index is 11.4. The lowest BCUT2D eigenvalue weighted by molar-refractivity contribution is 0.171. The van der Waals surface area contributed by atoms with Gasteiger partial charge in [0, 0.05) is 26.0 Å². The van der Waals surface area contributed by atoms with E-state index in [2.05, 4.69) is 5.32 Å². The third kappa shape index (κ3) is 5.07. The number of hydrogen-bond acceptors (Lipinski definition) is 5. The Bertz CT molecular complexity index is 535. The molecule has 2 rings (SSSR count). The van der Waals surface area contributed by atoms with E-state index in [1.165, 1.54) is 18.4 Å². The predicted molar refractivity (Wildman–Crippen MR) is 80.9 cm³/mol. The molecule has 1 aliphatic heterocycles. The van der Waals surface area contributed by atoms with Crippen molar-refractivity contribution in [2.45, 2.75) is 23.8 Å². The topological polar surface area (TPSA) is 75.6 Å². The molecule has 0 aliphatic carbocycles. The van der Waals surface area contributed by atoms with Gasteiger partial charge in [0.15, 0.2) is 9.84 Å². The van der Waals surface area contributed by atoms with Crippen LogP contribution in [-0.2, 0) is 14.6 Å². The zero-order chi connectivity index (χ0) is 15.3. The number of benzene rings is 1. The highest BCUT2D eigenvalue weighted by Crippen LogP contribution is 2.17. The minimum atomic E-state index is -3.18. The van der Waals surface area contributed by atoms with Crippen molar-refractivity contribution < 1.29 is 18.3 Å².